The summed E-state index contributed by atoms with van der Waals surface area (Å²) >= 11 is 0. The van der Waals surface area contributed by atoms with E-state index in [1.807, 2.05) is 0 Å². The first-order valence-electron chi connectivity index (χ1n) is 3.25. The lowest BCUT2D eigenvalue weighted by atomic mass is 10.2. The molecule has 0 amide bonds. The zero-order chi connectivity index (χ0) is 8.85. The van der Waals surface area contributed by atoms with Gasteiger partial charge in [0.05, 0.1) is 0 Å². The van der Waals surface area contributed by atoms with Crippen molar-refractivity contribution in [3.8, 4) is 0 Å². The predicted octanol–water partition coefficient (Wildman–Crippen LogP) is 0.786. The van der Waals surface area contributed by atoms with Crippen molar-refractivity contribution in [1.29, 1.82) is 0 Å². The predicted molar refractivity (Wildman–Crippen MR) is 44.9 cm³/mol. The molecule has 0 bridgehead atoms. The number of carbonyl (C=O) groups is 1. The zero-order valence-electron chi connectivity index (χ0n) is 6.50. The highest BCUT2D eigenvalue weighted by atomic mass is 32.2. The third-order valence-electron chi connectivity index (χ3n) is 1.21. The number of aliphatic carboxylic acids is 1. The molecule has 4 heteroatoms. The number of carboxylic acids is 1. The Labute approximate surface area is 68.6 Å². The van der Waals surface area contributed by atoms with E-state index in [1.165, 1.54) is 0 Å². The Bertz CT molecular complexity index is 186. The van der Waals surface area contributed by atoms with Gasteiger partial charge in [0.2, 0.25) is 0 Å². The van der Waals surface area contributed by atoms with E-state index in [0.717, 1.165) is 0 Å². The van der Waals surface area contributed by atoms with Crippen LogP contribution in [0.4, 0.5) is 0 Å². The highest BCUT2D eigenvalue weighted by Crippen LogP contribution is 2.02. The van der Waals surface area contributed by atoms with Gasteiger partial charge in [0.15, 0.2) is 0 Å². The molecule has 1 atom stereocenters. The van der Waals surface area contributed by atoms with Crippen molar-refractivity contribution in [1.82, 2.24) is 0 Å². The van der Waals surface area contributed by atoms with Crippen LogP contribution in [0, 0.1) is 0 Å². The van der Waals surface area contributed by atoms with Crippen molar-refractivity contribution < 1.29 is 14.1 Å². The summed E-state index contributed by atoms with van der Waals surface area (Å²) in [7, 11) is -0.829. The Morgan fingerprint density at radius 3 is 2.55 bits per heavy atom. The molecule has 0 aromatic heterocycles. The largest absolute Gasteiger partial charge is 0.478 e. The fourth-order valence-corrected chi connectivity index (χ4v) is 1.15. The van der Waals surface area contributed by atoms with Gasteiger partial charge in [0.1, 0.15) is 0 Å². The lowest BCUT2D eigenvalue weighted by Crippen LogP contribution is -2.01. The molecule has 0 heterocycles. The van der Waals surface area contributed by atoms with Crippen molar-refractivity contribution in [2.45, 2.75) is 12.8 Å². The van der Waals surface area contributed by atoms with E-state index in [-0.39, 0.29) is 5.57 Å². The summed E-state index contributed by atoms with van der Waals surface area (Å²) in [6.07, 6.45) is 2.66. The van der Waals surface area contributed by atoms with Crippen LogP contribution in [0.15, 0.2) is 12.2 Å². The Kier molecular flexibility index (Phi) is 4.77. The number of carboxylic acid groups (broad SMARTS) is 1. The molecular formula is C7H12O3S. The molecule has 0 aliphatic rings. The number of hydrogen-bond acceptors (Lipinski definition) is 2. The Morgan fingerprint density at radius 1 is 1.64 bits per heavy atom. The lowest BCUT2D eigenvalue weighted by Gasteiger charge is -1.97. The lowest BCUT2D eigenvalue weighted by molar-refractivity contribution is -0.132. The third kappa shape index (κ3) is 5.79. The van der Waals surface area contributed by atoms with E-state index >= 15 is 0 Å². The Morgan fingerprint density at radius 2 is 2.18 bits per heavy atom. The van der Waals surface area contributed by atoms with Crippen LogP contribution in [0.5, 0.6) is 0 Å². The molecule has 0 aliphatic heterocycles. The molecule has 0 aromatic carbocycles. The van der Waals surface area contributed by atoms with Crippen LogP contribution in [-0.2, 0) is 15.6 Å². The van der Waals surface area contributed by atoms with Crippen LogP contribution in [0.1, 0.15) is 12.8 Å². The number of hydrogen-bond donors (Lipinski definition) is 1. The van der Waals surface area contributed by atoms with Gasteiger partial charge >= 0.3 is 5.97 Å². The standard InChI is InChI=1S/C7H12O3S/c1-6(7(8)9)4-3-5-11(2)10/h1,3-5H2,2H3,(H,8,9). The first-order chi connectivity index (χ1) is 5.04. The molecule has 0 spiro atoms. The maximum Gasteiger partial charge on any atom is 0.330 e. The van der Waals surface area contributed by atoms with E-state index in [4.69, 9.17) is 5.11 Å². The van der Waals surface area contributed by atoms with Gasteiger partial charge in [-0.3, -0.25) is 4.21 Å². The van der Waals surface area contributed by atoms with Gasteiger partial charge < -0.3 is 5.11 Å². The van der Waals surface area contributed by atoms with Gasteiger partial charge in [0.25, 0.3) is 0 Å². The van der Waals surface area contributed by atoms with Crippen molar-refractivity contribution in [2.75, 3.05) is 12.0 Å². The molecule has 0 radical (unpaired) electrons. The second kappa shape index (κ2) is 5.07. The van der Waals surface area contributed by atoms with Crippen molar-refractivity contribution in [3.05, 3.63) is 12.2 Å². The average Bonchev–Trinajstić information content (AvgIpc) is 1.86. The Hall–Kier alpha value is -0.640. The highest BCUT2D eigenvalue weighted by Gasteiger charge is 2.02. The van der Waals surface area contributed by atoms with Crippen LogP contribution in [-0.4, -0.2) is 27.3 Å². The summed E-state index contributed by atoms with van der Waals surface area (Å²) in [5, 5.41) is 8.37. The second-order valence-corrected chi connectivity index (χ2v) is 3.84. The minimum Gasteiger partial charge on any atom is -0.478 e. The maximum atomic E-state index is 10.5. The fraction of sp³-hybridized carbons (Fsp3) is 0.571. The Balaban J connectivity index is 3.47. The molecule has 0 saturated carbocycles. The monoisotopic (exact) mass is 176 g/mol. The molecule has 0 aliphatic carbocycles. The van der Waals surface area contributed by atoms with Gasteiger partial charge in [-0.05, 0) is 12.8 Å². The first-order valence-corrected chi connectivity index (χ1v) is 4.98. The summed E-state index contributed by atoms with van der Waals surface area (Å²) in [6.45, 7) is 3.35. The smallest absolute Gasteiger partial charge is 0.330 e. The first kappa shape index (κ1) is 10.4. The molecule has 0 rings (SSSR count). The average molecular weight is 176 g/mol. The van der Waals surface area contributed by atoms with E-state index in [9.17, 15) is 9.00 Å². The molecule has 1 N–H and O–H groups in total. The van der Waals surface area contributed by atoms with Gasteiger partial charge in [-0.15, -0.1) is 0 Å². The molecule has 0 fully saturated rings. The normalized spacial score (nSPS) is 12.5. The summed E-state index contributed by atoms with van der Waals surface area (Å²) in [6, 6.07) is 0. The van der Waals surface area contributed by atoms with Gasteiger partial charge in [0, 0.05) is 28.4 Å². The molecule has 3 nitrogen and oxygen atoms in total. The fourth-order valence-electron chi connectivity index (χ4n) is 0.596. The van der Waals surface area contributed by atoms with Crippen LogP contribution in [0.3, 0.4) is 0 Å². The molecule has 0 aromatic rings. The van der Waals surface area contributed by atoms with Gasteiger partial charge in [-0.25, -0.2) is 4.79 Å². The van der Waals surface area contributed by atoms with Crippen molar-refractivity contribution in [2.24, 2.45) is 0 Å². The summed E-state index contributed by atoms with van der Waals surface area (Å²) in [4.78, 5) is 10.2. The highest BCUT2D eigenvalue weighted by molar-refractivity contribution is 7.84. The van der Waals surface area contributed by atoms with Crippen LogP contribution in [0.25, 0.3) is 0 Å². The minimum atomic E-state index is -0.966. The molecule has 0 saturated heterocycles. The second-order valence-electron chi connectivity index (χ2n) is 2.29. The third-order valence-corrected chi connectivity index (χ3v) is 2.08. The summed E-state index contributed by atoms with van der Waals surface area (Å²) in [5.74, 6) is -0.418. The van der Waals surface area contributed by atoms with Crippen molar-refractivity contribution in [3.63, 3.8) is 0 Å². The molecule has 64 valence electrons. The van der Waals surface area contributed by atoms with E-state index in [1.54, 1.807) is 6.26 Å². The molecular weight excluding hydrogens is 164 g/mol. The van der Waals surface area contributed by atoms with Crippen molar-refractivity contribution >= 4 is 16.8 Å². The van der Waals surface area contributed by atoms with E-state index < -0.39 is 16.8 Å². The minimum absolute atomic E-state index is 0.190. The quantitative estimate of drug-likeness (QED) is 0.630. The van der Waals surface area contributed by atoms with Gasteiger partial charge in [-0.1, -0.05) is 6.58 Å². The van der Waals surface area contributed by atoms with E-state index in [2.05, 4.69) is 6.58 Å². The van der Waals surface area contributed by atoms with Crippen LogP contribution >= 0.6 is 0 Å². The number of rotatable bonds is 5. The molecule has 11 heavy (non-hydrogen) atoms. The SMILES string of the molecule is C=C(CCCS(C)=O)C(=O)O. The zero-order valence-corrected chi connectivity index (χ0v) is 7.32. The van der Waals surface area contributed by atoms with Crippen LogP contribution in [0.2, 0.25) is 0 Å². The van der Waals surface area contributed by atoms with Crippen LogP contribution < -0.4 is 0 Å². The maximum absolute atomic E-state index is 10.5. The molecule has 1 unspecified atom stereocenters. The summed E-state index contributed by atoms with van der Waals surface area (Å²) in [5.41, 5.74) is 0.190. The van der Waals surface area contributed by atoms with E-state index in [0.29, 0.717) is 18.6 Å². The summed E-state index contributed by atoms with van der Waals surface area (Å²) < 4.78 is 10.5. The van der Waals surface area contributed by atoms with Gasteiger partial charge in [-0.2, -0.15) is 0 Å². The topological polar surface area (TPSA) is 54.4 Å².